The lowest BCUT2D eigenvalue weighted by molar-refractivity contribution is 0.431. The van der Waals surface area contributed by atoms with Gasteiger partial charge in [0.1, 0.15) is 11.5 Å². The van der Waals surface area contributed by atoms with Gasteiger partial charge in [-0.3, -0.25) is 0 Å². The smallest absolute Gasteiger partial charge is 0.131 e. The summed E-state index contributed by atoms with van der Waals surface area (Å²) in [5, 5.41) is 0. The van der Waals surface area contributed by atoms with Gasteiger partial charge in [0.15, 0.2) is 0 Å². The predicted octanol–water partition coefficient (Wildman–Crippen LogP) is 7.23. The van der Waals surface area contributed by atoms with Gasteiger partial charge in [-0.2, -0.15) is 0 Å². The SMILES string of the molecule is CCCCC1(c2ccccc2)C=C(c2ccccc2)OC(c2ccccc2)=C1. The number of benzene rings is 3. The first-order valence-electron chi connectivity index (χ1n) is 10.1. The van der Waals surface area contributed by atoms with Crippen molar-refractivity contribution in [3.63, 3.8) is 0 Å². The molecule has 0 fully saturated rings. The van der Waals surface area contributed by atoms with E-state index in [2.05, 4.69) is 97.9 Å². The summed E-state index contributed by atoms with van der Waals surface area (Å²) >= 11 is 0. The molecular weight excluding hydrogens is 340 g/mol. The van der Waals surface area contributed by atoms with Crippen LogP contribution in [0.15, 0.2) is 103 Å². The lowest BCUT2D eigenvalue weighted by Gasteiger charge is -2.34. The highest BCUT2D eigenvalue weighted by atomic mass is 16.5. The van der Waals surface area contributed by atoms with E-state index in [0.717, 1.165) is 35.5 Å². The fourth-order valence-corrected chi connectivity index (χ4v) is 3.85. The van der Waals surface area contributed by atoms with E-state index in [1.165, 1.54) is 12.0 Å². The molecule has 3 aromatic rings. The molecule has 0 spiro atoms. The molecule has 0 aliphatic carbocycles. The predicted molar refractivity (Wildman–Crippen MR) is 118 cm³/mol. The van der Waals surface area contributed by atoms with Gasteiger partial charge in [-0.15, -0.1) is 0 Å². The first-order chi connectivity index (χ1) is 13.8. The highest BCUT2D eigenvalue weighted by Crippen LogP contribution is 2.43. The Bertz CT molecular complexity index is 897. The van der Waals surface area contributed by atoms with E-state index in [9.17, 15) is 0 Å². The highest BCUT2D eigenvalue weighted by molar-refractivity contribution is 5.76. The largest absolute Gasteiger partial charge is 0.457 e. The van der Waals surface area contributed by atoms with Crippen molar-refractivity contribution < 1.29 is 4.74 Å². The highest BCUT2D eigenvalue weighted by Gasteiger charge is 2.33. The third-order valence-corrected chi connectivity index (χ3v) is 5.37. The van der Waals surface area contributed by atoms with E-state index in [-0.39, 0.29) is 5.41 Å². The second-order valence-electron chi connectivity index (χ2n) is 7.36. The summed E-state index contributed by atoms with van der Waals surface area (Å²) in [6.45, 7) is 2.25. The van der Waals surface area contributed by atoms with Crippen molar-refractivity contribution in [3.05, 3.63) is 120 Å². The molecule has 1 heteroatoms. The van der Waals surface area contributed by atoms with Crippen molar-refractivity contribution in [1.29, 1.82) is 0 Å². The van der Waals surface area contributed by atoms with Gasteiger partial charge in [-0.25, -0.2) is 0 Å². The molecule has 4 rings (SSSR count). The quantitative estimate of drug-likeness (QED) is 0.447. The molecule has 0 aromatic heterocycles. The van der Waals surface area contributed by atoms with Gasteiger partial charge in [0, 0.05) is 16.5 Å². The second-order valence-corrected chi connectivity index (χ2v) is 7.36. The van der Waals surface area contributed by atoms with Crippen LogP contribution in [-0.4, -0.2) is 0 Å². The molecule has 0 saturated carbocycles. The first kappa shape index (κ1) is 18.3. The minimum Gasteiger partial charge on any atom is -0.457 e. The zero-order valence-electron chi connectivity index (χ0n) is 16.3. The topological polar surface area (TPSA) is 9.23 Å². The van der Waals surface area contributed by atoms with Crippen LogP contribution in [0.25, 0.3) is 11.5 Å². The minimum atomic E-state index is -0.175. The molecular formula is C27H26O. The molecule has 0 unspecified atom stereocenters. The van der Waals surface area contributed by atoms with Crippen molar-refractivity contribution in [2.24, 2.45) is 0 Å². The Hall–Kier alpha value is -3.06. The van der Waals surface area contributed by atoms with Crippen LogP contribution in [0.3, 0.4) is 0 Å². The summed E-state index contributed by atoms with van der Waals surface area (Å²) in [5.41, 5.74) is 3.36. The molecule has 0 atom stereocenters. The molecule has 0 N–H and O–H groups in total. The Labute approximate surface area is 168 Å². The monoisotopic (exact) mass is 366 g/mol. The lowest BCUT2D eigenvalue weighted by atomic mass is 9.73. The fourth-order valence-electron chi connectivity index (χ4n) is 3.85. The average molecular weight is 367 g/mol. The Kier molecular flexibility index (Phi) is 5.43. The molecule has 0 saturated heterocycles. The number of rotatable bonds is 6. The molecule has 0 bridgehead atoms. The van der Waals surface area contributed by atoms with Crippen molar-refractivity contribution in [1.82, 2.24) is 0 Å². The van der Waals surface area contributed by atoms with Crippen LogP contribution < -0.4 is 0 Å². The maximum atomic E-state index is 6.44. The van der Waals surface area contributed by atoms with Gasteiger partial charge in [0.05, 0.1) is 0 Å². The molecule has 28 heavy (non-hydrogen) atoms. The minimum absolute atomic E-state index is 0.175. The molecule has 1 aliphatic heterocycles. The zero-order chi connectivity index (χ0) is 19.2. The van der Waals surface area contributed by atoms with Gasteiger partial charge >= 0.3 is 0 Å². The van der Waals surface area contributed by atoms with Gasteiger partial charge < -0.3 is 4.74 Å². The summed E-state index contributed by atoms with van der Waals surface area (Å²) in [6.07, 6.45) is 8.02. The van der Waals surface area contributed by atoms with Gasteiger partial charge in [-0.1, -0.05) is 111 Å². The Morgan fingerprint density at radius 3 is 1.57 bits per heavy atom. The van der Waals surface area contributed by atoms with Gasteiger partial charge in [0.25, 0.3) is 0 Å². The van der Waals surface area contributed by atoms with Crippen molar-refractivity contribution in [2.45, 2.75) is 31.6 Å². The van der Waals surface area contributed by atoms with Crippen LogP contribution >= 0.6 is 0 Å². The molecule has 1 heterocycles. The maximum Gasteiger partial charge on any atom is 0.131 e. The van der Waals surface area contributed by atoms with E-state index >= 15 is 0 Å². The van der Waals surface area contributed by atoms with Crippen LogP contribution in [0.1, 0.15) is 42.9 Å². The van der Waals surface area contributed by atoms with Crippen LogP contribution in [0, 0.1) is 0 Å². The number of hydrogen-bond acceptors (Lipinski definition) is 1. The molecule has 1 aliphatic rings. The van der Waals surface area contributed by atoms with Crippen molar-refractivity contribution >= 4 is 11.5 Å². The van der Waals surface area contributed by atoms with E-state index in [1.54, 1.807) is 0 Å². The van der Waals surface area contributed by atoms with E-state index in [4.69, 9.17) is 4.74 Å². The molecule has 140 valence electrons. The fraction of sp³-hybridized carbons (Fsp3) is 0.185. The van der Waals surface area contributed by atoms with Gasteiger partial charge in [-0.05, 0) is 24.1 Å². The van der Waals surface area contributed by atoms with Crippen molar-refractivity contribution in [2.75, 3.05) is 0 Å². The zero-order valence-corrected chi connectivity index (χ0v) is 16.3. The van der Waals surface area contributed by atoms with Crippen LogP contribution in [-0.2, 0) is 10.2 Å². The number of unbranched alkanes of at least 4 members (excludes halogenated alkanes) is 1. The van der Waals surface area contributed by atoms with Crippen molar-refractivity contribution in [3.8, 4) is 0 Å². The molecule has 0 radical (unpaired) electrons. The van der Waals surface area contributed by atoms with Crippen LogP contribution in [0.5, 0.6) is 0 Å². The summed E-state index contributed by atoms with van der Waals surface area (Å²) in [4.78, 5) is 0. The van der Waals surface area contributed by atoms with E-state index < -0.39 is 0 Å². The third-order valence-electron chi connectivity index (χ3n) is 5.37. The second kappa shape index (κ2) is 8.31. The normalized spacial score (nSPS) is 15.3. The van der Waals surface area contributed by atoms with E-state index in [1.807, 2.05) is 12.1 Å². The Morgan fingerprint density at radius 2 is 1.11 bits per heavy atom. The summed E-state index contributed by atoms with van der Waals surface area (Å²) in [5.74, 6) is 1.86. The standard InChI is InChI=1S/C27H26O/c1-2-3-19-27(24-17-11-6-12-18-24)20-25(22-13-7-4-8-14-22)28-26(21-27)23-15-9-5-10-16-23/h4-18,20-21H,2-3,19H2,1H3. The summed E-state index contributed by atoms with van der Waals surface area (Å²) in [6, 6.07) is 31.6. The van der Waals surface area contributed by atoms with Crippen LogP contribution in [0.2, 0.25) is 0 Å². The first-order valence-corrected chi connectivity index (χ1v) is 10.1. The number of ether oxygens (including phenoxy) is 1. The van der Waals surface area contributed by atoms with Crippen LogP contribution in [0.4, 0.5) is 0 Å². The third kappa shape index (κ3) is 3.80. The van der Waals surface area contributed by atoms with E-state index in [0.29, 0.717) is 0 Å². The molecule has 0 amide bonds. The summed E-state index contributed by atoms with van der Waals surface area (Å²) in [7, 11) is 0. The molecule has 3 aromatic carbocycles. The Balaban J connectivity index is 1.89. The molecule has 1 nitrogen and oxygen atoms in total. The average Bonchev–Trinajstić information content (AvgIpc) is 2.79. The van der Waals surface area contributed by atoms with Gasteiger partial charge in [0.2, 0.25) is 0 Å². The Morgan fingerprint density at radius 1 is 0.643 bits per heavy atom. The maximum absolute atomic E-state index is 6.44. The number of allylic oxidation sites excluding steroid dienone is 2. The number of hydrogen-bond donors (Lipinski definition) is 0. The summed E-state index contributed by atoms with van der Waals surface area (Å²) < 4.78 is 6.44. The lowest BCUT2D eigenvalue weighted by Crippen LogP contribution is -2.25.